The van der Waals surface area contributed by atoms with Crippen molar-refractivity contribution in [3.63, 3.8) is 0 Å². The Balaban J connectivity index is 1.39. The molecule has 1 unspecified atom stereocenters. The van der Waals surface area contributed by atoms with Crippen molar-refractivity contribution < 1.29 is 9.32 Å². The molecule has 166 valence electrons. The van der Waals surface area contributed by atoms with Gasteiger partial charge in [-0.2, -0.15) is 0 Å². The zero-order valence-corrected chi connectivity index (χ0v) is 19.2. The highest BCUT2D eigenvalue weighted by Crippen LogP contribution is 2.39. The highest BCUT2D eigenvalue weighted by Gasteiger charge is 2.38. The third-order valence-electron chi connectivity index (χ3n) is 6.97. The molecule has 0 bridgehead atoms. The second-order valence-electron chi connectivity index (χ2n) is 9.01. The maximum atomic E-state index is 12.8. The van der Waals surface area contributed by atoms with Crippen LogP contribution in [0.3, 0.4) is 0 Å². The zero-order valence-electron chi connectivity index (χ0n) is 17.6. The number of anilines is 2. The standard InChI is InChI=1S/C23H29ClN4O2S/c24-17-4-6-18(7-5-17)28-12-8-16(9-13-28)21-25-19-3-1-14-31(30)20(19)22(26-21)27-23(15-29)10-2-11-23/h4-7,16,29H,1-3,8-15H2,(H,25,26,27). The number of nitrogens with one attached hydrogen (secondary N) is 1. The van der Waals surface area contributed by atoms with Crippen molar-refractivity contribution in [2.75, 3.05) is 35.7 Å². The van der Waals surface area contributed by atoms with E-state index in [1.165, 1.54) is 5.69 Å². The van der Waals surface area contributed by atoms with Crippen LogP contribution < -0.4 is 10.2 Å². The third kappa shape index (κ3) is 4.20. The van der Waals surface area contributed by atoms with Crippen LogP contribution in [0.4, 0.5) is 11.5 Å². The van der Waals surface area contributed by atoms with Crippen LogP contribution in [0.25, 0.3) is 0 Å². The highest BCUT2D eigenvalue weighted by atomic mass is 35.5. The lowest BCUT2D eigenvalue weighted by Gasteiger charge is -2.42. The fourth-order valence-electron chi connectivity index (χ4n) is 4.89. The molecule has 2 aliphatic heterocycles. The number of hydrogen-bond acceptors (Lipinski definition) is 6. The van der Waals surface area contributed by atoms with Crippen molar-refractivity contribution in [3.05, 3.63) is 40.8 Å². The van der Waals surface area contributed by atoms with Crippen molar-refractivity contribution in [3.8, 4) is 0 Å². The number of benzene rings is 1. The molecular formula is C23H29ClN4O2S. The molecule has 1 saturated carbocycles. The molecule has 2 aromatic rings. The average Bonchev–Trinajstić information content (AvgIpc) is 2.77. The van der Waals surface area contributed by atoms with E-state index in [1.807, 2.05) is 12.1 Å². The molecule has 2 N–H and O–H groups in total. The van der Waals surface area contributed by atoms with Gasteiger partial charge in [-0.15, -0.1) is 0 Å². The topological polar surface area (TPSA) is 78.4 Å². The Hall–Kier alpha value is -1.70. The Morgan fingerprint density at radius 1 is 1.16 bits per heavy atom. The molecule has 31 heavy (non-hydrogen) atoms. The Bertz CT molecular complexity index is 967. The first kappa shape index (κ1) is 21.2. The van der Waals surface area contributed by atoms with Crippen LogP contribution in [0.15, 0.2) is 29.2 Å². The van der Waals surface area contributed by atoms with E-state index < -0.39 is 10.8 Å². The maximum Gasteiger partial charge on any atom is 0.146 e. The minimum Gasteiger partial charge on any atom is -0.394 e. The summed E-state index contributed by atoms with van der Waals surface area (Å²) < 4.78 is 12.8. The third-order valence-corrected chi connectivity index (χ3v) is 8.77. The number of nitrogens with zero attached hydrogens (tertiary/aromatic N) is 3. The zero-order chi connectivity index (χ0) is 21.4. The van der Waals surface area contributed by atoms with Crippen molar-refractivity contribution in [1.82, 2.24) is 9.97 Å². The smallest absolute Gasteiger partial charge is 0.146 e. The molecule has 3 aliphatic rings. The number of aromatic nitrogens is 2. The second kappa shape index (κ2) is 8.68. The Morgan fingerprint density at radius 2 is 1.90 bits per heavy atom. The number of aliphatic hydroxyl groups excluding tert-OH is 1. The lowest BCUT2D eigenvalue weighted by Crippen LogP contribution is -2.49. The summed E-state index contributed by atoms with van der Waals surface area (Å²) in [6.07, 6.45) is 6.65. The van der Waals surface area contributed by atoms with Crippen LogP contribution in [-0.2, 0) is 17.2 Å². The van der Waals surface area contributed by atoms with Crippen molar-refractivity contribution in [1.29, 1.82) is 0 Å². The van der Waals surface area contributed by atoms with E-state index >= 15 is 0 Å². The number of rotatable bonds is 5. The number of piperidine rings is 1. The molecule has 0 amide bonds. The van der Waals surface area contributed by atoms with Gasteiger partial charge in [0, 0.05) is 35.5 Å². The summed E-state index contributed by atoms with van der Waals surface area (Å²) in [4.78, 5) is 13.0. The highest BCUT2D eigenvalue weighted by molar-refractivity contribution is 7.85. The SMILES string of the molecule is O=S1CCCc2nc(C3CCN(c4ccc(Cl)cc4)CC3)nc(NC3(CO)CCC3)c21. The number of aryl methyl sites for hydroxylation is 1. The molecule has 5 rings (SSSR count). The van der Waals surface area contributed by atoms with Crippen molar-refractivity contribution in [2.24, 2.45) is 0 Å². The van der Waals surface area contributed by atoms with Crippen LogP contribution in [0, 0.1) is 0 Å². The van der Waals surface area contributed by atoms with Crippen LogP contribution in [0.1, 0.15) is 56.0 Å². The van der Waals surface area contributed by atoms with Gasteiger partial charge in [-0.1, -0.05) is 11.6 Å². The molecule has 1 aromatic heterocycles. The van der Waals surface area contributed by atoms with E-state index in [-0.39, 0.29) is 18.1 Å². The molecule has 0 spiro atoms. The summed E-state index contributed by atoms with van der Waals surface area (Å²) in [6.45, 7) is 1.97. The summed E-state index contributed by atoms with van der Waals surface area (Å²) in [6, 6.07) is 8.01. The van der Waals surface area contributed by atoms with E-state index in [4.69, 9.17) is 21.6 Å². The molecule has 1 saturated heterocycles. The van der Waals surface area contributed by atoms with E-state index in [0.29, 0.717) is 11.6 Å². The maximum absolute atomic E-state index is 12.8. The number of fused-ring (bicyclic) bond motifs is 1. The lowest BCUT2D eigenvalue weighted by molar-refractivity contribution is 0.143. The molecule has 8 heteroatoms. The first-order chi connectivity index (χ1) is 15.1. The predicted molar refractivity (Wildman–Crippen MR) is 125 cm³/mol. The summed E-state index contributed by atoms with van der Waals surface area (Å²) in [5.74, 6) is 2.52. The van der Waals surface area contributed by atoms with Gasteiger partial charge in [-0.25, -0.2) is 9.97 Å². The van der Waals surface area contributed by atoms with Gasteiger partial charge in [-0.05, 0) is 69.2 Å². The largest absolute Gasteiger partial charge is 0.394 e. The first-order valence-corrected chi connectivity index (χ1v) is 13.0. The van der Waals surface area contributed by atoms with Gasteiger partial charge < -0.3 is 15.3 Å². The summed E-state index contributed by atoms with van der Waals surface area (Å²) in [7, 11) is -1.08. The predicted octanol–water partition coefficient (Wildman–Crippen LogP) is 3.89. The van der Waals surface area contributed by atoms with Gasteiger partial charge in [0.1, 0.15) is 16.5 Å². The Morgan fingerprint density at radius 3 is 2.55 bits per heavy atom. The summed E-state index contributed by atoms with van der Waals surface area (Å²) in [5.41, 5.74) is 1.81. The van der Waals surface area contributed by atoms with Gasteiger partial charge in [0.05, 0.1) is 28.6 Å². The lowest BCUT2D eigenvalue weighted by atomic mass is 9.77. The molecule has 3 heterocycles. The normalized spacial score (nSPS) is 23.2. The fourth-order valence-corrected chi connectivity index (χ4v) is 6.35. The van der Waals surface area contributed by atoms with Crippen LogP contribution in [-0.4, -0.2) is 50.3 Å². The molecule has 1 atom stereocenters. The van der Waals surface area contributed by atoms with E-state index in [9.17, 15) is 9.32 Å². The Labute approximate surface area is 190 Å². The van der Waals surface area contributed by atoms with E-state index in [0.717, 1.165) is 79.5 Å². The monoisotopic (exact) mass is 460 g/mol. The minimum atomic E-state index is -1.08. The Kier molecular flexibility index (Phi) is 5.92. The summed E-state index contributed by atoms with van der Waals surface area (Å²) >= 11 is 6.03. The summed E-state index contributed by atoms with van der Waals surface area (Å²) in [5, 5.41) is 14.2. The average molecular weight is 461 g/mol. The molecule has 1 aliphatic carbocycles. The molecular weight excluding hydrogens is 432 g/mol. The second-order valence-corrected chi connectivity index (χ2v) is 11.0. The molecule has 6 nitrogen and oxygen atoms in total. The molecule has 1 aromatic carbocycles. The van der Waals surface area contributed by atoms with Crippen LogP contribution >= 0.6 is 11.6 Å². The van der Waals surface area contributed by atoms with E-state index in [2.05, 4.69) is 22.3 Å². The van der Waals surface area contributed by atoms with Gasteiger partial charge in [0.2, 0.25) is 0 Å². The quantitative estimate of drug-likeness (QED) is 0.704. The number of halogens is 1. The number of aliphatic hydroxyl groups is 1. The number of hydrogen-bond donors (Lipinski definition) is 2. The van der Waals surface area contributed by atoms with E-state index in [1.54, 1.807) is 0 Å². The first-order valence-electron chi connectivity index (χ1n) is 11.3. The van der Waals surface area contributed by atoms with Gasteiger partial charge in [0.15, 0.2) is 0 Å². The van der Waals surface area contributed by atoms with Crippen LogP contribution in [0.5, 0.6) is 0 Å². The van der Waals surface area contributed by atoms with Gasteiger partial charge in [-0.3, -0.25) is 4.21 Å². The fraction of sp³-hybridized carbons (Fsp3) is 0.565. The van der Waals surface area contributed by atoms with Gasteiger partial charge in [0.25, 0.3) is 0 Å². The minimum absolute atomic E-state index is 0.0766. The van der Waals surface area contributed by atoms with Crippen molar-refractivity contribution >= 4 is 33.9 Å². The molecule has 2 fully saturated rings. The van der Waals surface area contributed by atoms with Crippen LogP contribution in [0.2, 0.25) is 5.02 Å². The molecule has 0 radical (unpaired) electrons. The van der Waals surface area contributed by atoms with Gasteiger partial charge >= 0.3 is 0 Å². The van der Waals surface area contributed by atoms with Crippen molar-refractivity contribution in [2.45, 2.75) is 61.3 Å².